The number of ether oxygens (including phenoxy) is 2. The molecule has 0 radical (unpaired) electrons. The number of carbonyl (C=O) groups is 2. The van der Waals surface area contributed by atoms with Crippen molar-refractivity contribution in [2.45, 2.75) is 19.3 Å². The predicted molar refractivity (Wildman–Crippen MR) is 109 cm³/mol. The maximum Gasteiger partial charge on any atom is 0.251 e. The van der Waals surface area contributed by atoms with Gasteiger partial charge in [-0.05, 0) is 35.9 Å². The van der Waals surface area contributed by atoms with Crippen LogP contribution in [0.15, 0.2) is 42.5 Å². The topological polar surface area (TPSA) is 76.7 Å². The normalized spacial score (nSPS) is 10.9. The summed E-state index contributed by atoms with van der Waals surface area (Å²) in [6.07, 6.45) is 0. The van der Waals surface area contributed by atoms with E-state index in [2.05, 4.69) is 10.6 Å². The van der Waals surface area contributed by atoms with E-state index in [9.17, 15) is 9.59 Å². The number of amides is 2. The molecule has 0 fully saturated rings. The van der Waals surface area contributed by atoms with Gasteiger partial charge in [-0.15, -0.1) is 0 Å². The lowest BCUT2D eigenvalue weighted by molar-refractivity contribution is -0.120. The lowest BCUT2D eigenvalue weighted by Gasteiger charge is -2.25. The molecule has 2 amide bonds. The molecule has 2 rings (SSSR count). The van der Waals surface area contributed by atoms with Crippen molar-refractivity contribution in [2.75, 3.05) is 27.3 Å². The van der Waals surface area contributed by atoms with Gasteiger partial charge < -0.3 is 20.1 Å². The number of rotatable bonds is 8. The van der Waals surface area contributed by atoms with Gasteiger partial charge in [-0.3, -0.25) is 9.59 Å². The Hall–Kier alpha value is -2.73. The zero-order chi connectivity index (χ0) is 20.7. The minimum atomic E-state index is -0.368. The lowest BCUT2D eigenvalue weighted by atomic mass is 9.84. The van der Waals surface area contributed by atoms with Crippen LogP contribution >= 0.6 is 11.6 Å². The van der Waals surface area contributed by atoms with Gasteiger partial charge in [0.25, 0.3) is 5.91 Å². The Labute approximate surface area is 170 Å². The molecule has 6 nitrogen and oxygen atoms in total. The maximum absolute atomic E-state index is 12.3. The zero-order valence-electron chi connectivity index (χ0n) is 16.5. The fraction of sp³-hybridized carbons (Fsp3) is 0.333. The minimum absolute atomic E-state index is 0.121. The first-order valence-electron chi connectivity index (χ1n) is 8.80. The Bertz CT molecular complexity index is 835. The largest absolute Gasteiger partial charge is 0.493 e. The Morgan fingerprint density at radius 3 is 2.21 bits per heavy atom. The van der Waals surface area contributed by atoms with Gasteiger partial charge in [-0.2, -0.15) is 0 Å². The molecule has 0 saturated heterocycles. The second-order valence-electron chi connectivity index (χ2n) is 6.92. The van der Waals surface area contributed by atoms with Crippen molar-refractivity contribution in [3.8, 4) is 11.5 Å². The molecule has 150 valence electrons. The summed E-state index contributed by atoms with van der Waals surface area (Å²) in [5.74, 6) is 0.342. The fourth-order valence-electron chi connectivity index (χ4n) is 2.63. The molecule has 0 bridgehead atoms. The number of nitrogens with one attached hydrogen (secondary N) is 2. The third kappa shape index (κ3) is 5.63. The molecular formula is C21H25ClN2O4. The standard InChI is InChI=1S/C21H25ClN2O4/c1-21(2,15-6-8-16(22)9-7-15)13-24-19(25)12-23-20(26)14-5-10-17(27-3)18(11-14)28-4/h5-11H,12-13H2,1-4H3,(H,23,26)(H,24,25). The van der Waals surface area contributed by atoms with Crippen LogP contribution in [0.5, 0.6) is 11.5 Å². The summed E-state index contributed by atoms with van der Waals surface area (Å²) in [6, 6.07) is 12.3. The van der Waals surface area contributed by atoms with Crippen LogP contribution in [0, 0.1) is 0 Å². The highest BCUT2D eigenvalue weighted by Crippen LogP contribution is 2.27. The van der Waals surface area contributed by atoms with E-state index in [-0.39, 0.29) is 23.8 Å². The number of hydrogen-bond donors (Lipinski definition) is 2. The first kappa shape index (κ1) is 21.6. The second-order valence-corrected chi connectivity index (χ2v) is 7.36. The van der Waals surface area contributed by atoms with Crippen molar-refractivity contribution in [1.82, 2.24) is 10.6 Å². The van der Waals surface area contributed by atoms with Crippen LogP contribution in [-0.4, -0.2) is 39.1 Å². The Balaban J connectivity index is 1.88. The number of carbonyl (C=O) groups excluding carboxylic acids is 2. The summed E-state index contributed by atoms with van der Waals surface area (Å²) in [6.45, 7) is 4.36. The molecule has 0 aliphatic carbocycles. The Morgan fingerprint density at radius 2 is 1.61 bits per heavy atom. The van der Waals surface area contributed by atoms with Crippen molar-refractivity contribution >= 4 is 23.4 Å². The number of methoxy groups -OCH3 is 2. The molecule has 28 heavy (non-hydrogen) atoms. The third-order valence-corrected chi connectivity index (χ3v) is 4.66. The van der Waals surface area contributed by atoms with E-state index in [4.69, 9.17) is 21.1 Å². The SMILES string of the molecule is COc1ccc(C(=O)NCC(=O)NCC(C)(C)c2ccc(Cl)cc2)cc1OC. The van der Waals surface area contributed by atoms with Crippen LogP contribution in [-0.2, 0) is 10.2 Å². The first-order chi connectivity index (χ1) is 13.3. The molecule has 2 aromatic carbocycles. The highest BCUT2D eigenvalue weighted by atomic mass is 35.5. The van der Waals surface area contributed by atoms with Crippen molar-refractivity contribution in [3.05, 3.63) is 58.6 Å². The summed E-state index contributed by atoms with van der Waals surface area (Å²) < 4.78 is 10.3. The van der Waals surface area contributed by atoms with E-state index in [1.54, 1.807) is 18.2 Å². The van der Waals surface area contributed by atoms with Crippen molar-refractivity contribution < 1.29 is 19.1 Å². The van der Waals surface area contributed by atoms with Crippen molar-refractivity contribution in [1.29, 1.82) is 0 Å². The highest BCUT2D eigenvalue weighted by molar-refractivity contribution is 6.30. The van der Waals surface area contributed by atoms with Gasteiger partial charge in [0.15, 0.2) is 11.5 Å². The minimum Gasteiger partial charge on any atom is -0.493 e. The summed E-state index contributed by atoms with van der Waals surface area (Å²) >= 11 is 5.92. The summed E-state index contributed by atoms with van der Waals surface area (Å²) in [7, 11) is 3.02. The monoisotopic (exact) mass is 404 g/mol. The van der Waals surface area contributed by atoms with Gasteiger partial charge in [-0.25, -0.2) is 0 Å². The molecule has 0 atom stereocenters. The van der Waals surface area contributed by atoms with E-state index >= 15 is 0 Å². The molecule has 0 aliphatic rings. The lowest BCUT2D eigenvalue weighted by Crippen LogP contribution is -2.42. The molecule has 0 unspecified atom stereocenters. The van der Waals surface area contributed by atoms with Crippen LogP contribution in [0.1, 0.15) is 29.8 Å². The summed E-state index contributed by atoms with van der Waals surface area (Å²) in [4.78, 5) is 24.4. The second kappa shape index (κ2) is 9.46. The molecule has 2 N–H and O–H groups in total. The van der Waals surface area contributed by atoms with E-state index in [1.807, 2.05) is 38.1 Å². The molecular weight excluding hydrogens is 380 g/mol. The van der Waals surface area contributed by atoms with Crippen molar-refractivity contribution in [2.24, 2.45) is 0 Å². The Kier molecular flexibility index (Phi) is 7.29. The highest BCUT2D eigenvalue weighted by Gasteiger charge is 2.21. The average molecular weight is 405 g/mol. The molecule has 0 saturated carbocycles. The summed E-state index contributed by atoms with van der Waals surface area (Å²) in [5.41, 5.74) is 1.17. The van der Waals surface area contributed by atoms with Gasteiger partial charge in [-0.1, -0.05) is 37.6 Å². The van der Waals surface area contributed by atoms with Gasteiger partial charge in [0.05, 0.1) is 20.8 Å². The van der Waals surface area contributed by atoms with E-state index < -0.39 is 0 Å². The van der Waals surface area contributed by atoms with Crippen LogP contribution in [0.25, 0.3) is 0 Å². The van der Waals surface area contributed by atoms with Crippen LogP contribution in [0.3, 0.4) is 0 Å². The van der Waals surface area contributed by atoms with Crippen LogP contribution in [0.2, 0.25) is 5.02 Å². The predicted octanol–water partition coefficient (Wildman–Crippen LogP) is 3.18. The molecule has 0 aromatic heterocycles. The fourth-order valence-corrected chi connectivity index (χ4v) is 2.75. The smallest absolute Gasteiger partial charge is 0.251 e. The van der Waals surface area contributed by atoms with Crippen LogP contribution < -0.4 is 20.1 Å². The van der Waals surface area contributed by atoms with E-state index in [0.29, 0.717) is 28.6 Å². The quantitative estimate of drug-likeness (QED) is 0.708. The molecule has 2 aromatic rings. The maximum atomic E-state index is 12.3. The van der Waals surface area contributed by atoms with Gasteiger partial charge >= 0.3 is 0 Å². The third-order valence-electron chi connectivity index (χ3n) is 4.41. The molecule has 0 aliphatic heterocycles. The summed E-state index contributed by atoms with van der Waals surface area (Å²) in [5, 5.41) is 6.13. The van der Waals surface area contributed by atoms with Gasteiger partial charge in [0.2, 0.25) is 5.91 Å². The van der Waals surface area contributed by atoms with Crippen molar-refractivity contribution in [3.63, 3.8) is 0 Å². The molecule has 7 heteroatoms. The number of benzene rings is 2. The Morgan fingerprint density at radius 1 is 0.964 bits per heavy atom. The zero-order valence-corrected chi connectivity index (χ0v) is 17.2. The van der Waals surface area contributed by atoms with Gasteiger partial charge in [0, 0.05) is 22.5 Å². The van der Waals surface area contributed by atoms with E-state index in [1.165, 1.54) is 14.2 Å². The first-order valence-corrected chi connectivity index (χ1v) is 9.17. The average Bonchev–Trinajstić information content (AvgIpc) is 2.70. The molecule has 0 spiro atoms. The van der Waals surface area contributed by atoms with Gasteiger partial charge in [0.1, 0.15) is 0 Å². The van der Waals surface area contributed by atoms with Crippen LogP contribution in [0.4, 0.5) is 0 Å². The van der Waals surface area contributed by atoms with E-state index in [0.717, 1.165) is 5.56 Å². The molecule has 0 heterocycles. The number of hydrogen-bond acceptors (Lipinski definition) is 4. The number of halogens is 1.